The molecule has 0 radical (unpaired) electrons. The number of rotatable bonds is 10. The Bertz CT molecular complexity index is 1400. The van der Waals surface area contributed by atoms with E-state index in [-0.39, 0.29) is 17.1 Å². The Morgan fingerprint density at radius 3 is 2.24 bits per heavy atom. The second-order valence-corrected chi connectivity index (χ2v) is 11.3. The van der Waals surface area contributed by atoms with E-state index in [1.54, 1.807) is 31.2 Å². The number of likely N-dealkylation sites (N-methyl/N-ethyl adjacent to an activating group) is 1. The molecule has 0 saturated carbocycles. The first kappa shape index (κ1) is 29.1. The van der Waals surface area contributed by atoms with E-state index >= 15 is 0 Å². The third kappa shape index (κ3) is 6.70. The molecule has 1 atom stereocenters. The summed E-state index contributed by atoms with van der Waals surface area (Å²) in [5.74, 6) is -1.02. The minimum Gasteiger partial charge on any atom is -0.496 e. The lowest BCUT2D eigenvalue weighted by Gasteiger charge is -2.31. The third-order valence-corrected chi connectivity index (χ3v) is 8.38. The molecule has 8 nitrogen and oxygen atoms in total. The Kier molecular flexibility index (Phi) is 9.50. The predicted octanol–water partition coefficient (Wildman–Crippen LogP) is 4.26. The average molecular weight is 607 g/mol. The first-order valence-corrected chi connectivity index (χ1v) is 13.9. The monoisotopic (exact) mass is 605 g/mol. The van der Waals surface area contributed by atoms with Gasteiger partial charge in [-0.3, -0.25) is 13.9 Å². The number of methoxy groups -OCH3 is 1. The number of carbonyl (C=O) groups excluding carboxylic acids is 2. The van der Waals surface area contributed by atoms with Gasteiger partial charge in [-0.15, -0.1) is 0 Å². The van der Waals surface area contributed by atoms with Gasteiger partial charge in [0.15, 0.2) is 0 Å². The Labute approximate surface area is 230 Å². The number of nitrogens with zero attached hydrogens (tertiary/aromatic N) is 2. The van der Waals surface area contributed by atoms with Crippen molar-refractivity contribution in [1.29, 1.82) is 0 Å². The molecule has 202 valence electrons. The van der Waals surface area contributed by atoms with Crippen molar-refractivity contribution < 1.29 is 27.1 Å². The van der Waals surface area contributed by atoms with Crippen LogP contribution < -0.4 is 14.4 Å². The van der Waals surface area contributed by atoms with Gasteiger partial charge in [-0.2, -0.15) is 0 Å². The minimum absolute atomic E-state index is 0.0242. The van der Waals surface area contributed by atoms with Crippen molar-refractivity contribution in [2.24, 2.45) is 0 Å². The molecule has 3 rings (SSSR count). The first-order chi connectivity index (χ1) is 18.0. The number of anilines is 1. The van der Waals surface area contributed by atoms with E-state index in [1.807, 2.05) is 6.92 Å². The number of aryl methyl sites for hydroxylation is 1. The number of ether oxygens (including phenoxy) is 1. The van der Waals surface area contributed by atoms with Crippen LogP contribution in [0.15, 0.2) is 76.1 Å². The SMILES string of the molecule is CNC(=O)[C@@H](C)N(Cc1ccc(F)cc1)C(=O)CN(c1ccc(C)cc1)S(=O)(=O)c1ccc(OC)c(Br)c1. The van der Waals surface area contributed by atoms with Crippen molar-refractivity contribution in [1.82, 2.24) is 10.2 Å². The van der Waals surface area contributed by atoms with Crippen LogP contribution in [0.3, 0.4) is 0 Å². The van der Waals surface area contributed by atoms with Crippen LogP contribution in [-0.2, 0) is 26.2 Å². The van der Waals surface area contributed by atoms with Crippen LogP contribution in [0.1, 0.15) is 18.1 Å². The van der Waals surface area contributed by atoms with Gasteiger partial charge in [0.2, 0.25) is 11.8 Å². The topological polar surface area (TPSA) is 96.0 Å². The van der Waals surface area contributed by atoms with Crippen molar-refractivity contribution >= 4 is 43.5 Å². The summed E-state index contributed by atoms with van der Waals surface area (Å²) in [6.07, 6.45) is 0. The normalized spacial score (nSPS) is 11.9. The number of amides is 2. The molecular formula is C27H29BrFN3O5S. The van der Waals surface area contributed by atoms with Gasteiger partial charge in [-0.25, -0.2) is 12.8 Å². The van der Waals surface area contributed by atoms with Gasteiger partial charge in [-0.1, -0.05) is 29.8 Å². The molecule has 0 aliphatic carbocycles. The molecule has 11 heteroatoms. The summed E-state index contributed by atoms with van der Waals surface area (Å²) in [7, 11) is -1.31. The smallest absolute Gasteiger partial charge is 0.264 e. The molecule has 2 amide bonds. The molecule has 0 saturated heterocycles. The Hall–Kier alpha value is -3.44. The largest absolute Gasteiger partial charge is 0.496 e. The maximum Gasteiger partial charge on any atom is 0.264 e. The van der Waals surface area contributed by atoms with Crippen LogP contribution in [0.25, 0.3) is 0 Å². The molecule has 3 aromatic rings. The summed E-state index contributed by atoms with van der Waals surface area (Å²) < 4.78 is 47.8. The van der Waals surface area contributed by atoms with Crippen LogP contribution in [0.4, 0.5) is 10.1 Å². The van der Waals surface area contributed by atoms with E-state index in [4.69, 9.17) is 4.74 Å². The Morgan fingerprint density at radius 1 is 1.05 bits per heavy atom. The van der Waals surface area contributed by atoms with Gasteiger partial charge >= 0.3 is 0 Å². The van der Waals surface area contributed by atoms with E-state index in [9.17, 15) is 22.4 Å². The van der Waals surface area contributed by atoms with Gasteiger partial charge < -0.3 is 15.0 Å². The summed E-state index contributed by atoms with van der Waals surface area (Å²) in [5.41, 5.74) is 1.78. The lowest BCUT2D eigenvalue weighted by molar-refractivity contribution is -0.139. The molecule has 0 heterocycles. The van der Waals surface area contributed by atoms with Crippen LogP contribution >= 0.6 is 15.9 Å². The van der Waals surface area contributed by atoms with E-state index in [2.05, 4.69) is 21.2 Å². The van der Waals surface area contributed by atoms with Crippen molar-refractivity contribution in [3.63, 3.8) is 0 Å². The van der Waals surface area contributed by atoms with Crippen LogP contribution in [0.2, 0.25) is 0 Å². The summed E-state index contributed by atoms with van der Waals surface area (Å²) in [5, 5.41) is 2.52. The zero-order chi connectivity index (χ0) is 28.0. The van der Waals surface area contributed by atoms with Crippen molar-refractivity contribution in [3.8, 4) is 5.75 Å². The van der Waals surface area contributed by atoms with E-state index in [0.29, 0.717) is 15.8 Å². The molecule has 38 heavy (non-hydrogen) atoms. The number of sulfonamides is 1. The van der Waals surface area contributed by atoms with Gasteiger partial charge in [0.1, 0.15) is 24.2 Å². The van der Waals surface area contributed by atoms with Gasteiger partial charge in [0, 0.05) is 13.6 Å². The fourth-order valence-electron chi connectivity index (χ4n) is 3.75. The van der Waals surface area contributed by atoms with Gasteiger partial charge in [0.25, 0.3) is 10.0 Å². The molecule has 0 spiro atoms. The lowest BCUT2D eigenvalue weighted by atomic mass is 10.1. The minimum atomic E-state index is -4.22. The Balaban J connectivity index is 2.04. The molecule has 0 fully saturated rings. The zero-order valence-corrected chi connectivity index (χ0v) is 23.8. The van der Waals surface area contributed by atoms with Crippen molar-refractivity contribution in [2.75, 3.05) is 25.0 Å². The average Bonchev–Trinajstić information content (AvgIpc) is 2.90. The number of carbonyl (C=O) groups is 2. The molecule has 1 N–H and O–H groups in total. The standard InChI is InChI=1S/C27H29BrFN3O5S/c1-18-5-11-22(12-6-18)32(38(35,36)23-13-14-25(37-4)24(28)15-23)17-26(33)31(19(2)27(34)30-3)16-20-7-9-21(29)10-8-20/h5-15,19H,16-17H2,1-4H3,(H,30,34)/t19-/m1/s1. The molecule has 3 aromatic carbocycles. The van der Waals surface area contributed by atoms with E-state index in [0.717, 1.165) is 9.87 Å². The number of benzene rings is 3. The van der Waals surface area contributed by atoms with Crippen molar-refractivity contribution in [3.05, 3.63) is 88.1 Å². The number of hydrogen-bond acceptors (Lipinski definition) is 5. The molecular weight excluding hydrogens is 577 g/mol. The van der Waals surface area contributed by atoms with Crippen LogP contribution in [0.5, 0.6) is 5.75 Å². The third-order valence-electron chi connectivity index (χ3n) is 5.99. The van der Waals surface area contributed by atoms with Crippen LogP contribution in [-0.4, -0.2) is 51.9 Å². The second-order valence-electron chi connectivity index (χ2n) is 8.58. The predicted molar refractivity (Wildman–Crippen MR) is 147 cm³/mol. The quantitative estimate of drug-likeness (QED) is 0.372. The van der Waals surface area contributed by atoms with E-state index < -0.39 is 40.2 Å². The fourth-order valence-corrected chi connectivity index (χ4v) is 5.89. The molecule has 0 aliphatic heterocycles. The van der Waals surface area contributed by atoms with Crippen LogP contribution in [0, 0.1) is 12.7 Å². The zero-order valence-electron chi connectivity index (χ0n) is 21.4. The highest BCUT2D eigenvalue weighted by molar-refractivity contribution is 9.10. The number of hydrogen-bond donors (Lipinski definition) is 1. The highest BCUT2D eigenvalue weighted by Crippen LogP contribution is 2.31. The Morgan fingerprint density at radius 2 is 1.68 bits per heavy atom. The van der Waals surface area contributed by atoms with Gasteiger partial charge in [-0.05, 0) is 77.8 Å². The summed E-state index contributed by atoms with van der Waals surface area (Å²) in [6, 6.07) is 15.7. The maximum atomic E-state index is 13.9. The molecule has 0 bridgehead atoms. The highest BCUT2D eigenvalue weighted by Gasteiger charge is 2.32. The summed E-state index contributed by atoms with van der Waals surface area (Å²) >= 11 is 3.32. The number of nitrogens with one attached hydrogen (secondary N) is 1. The molecule has 0 aromatic heterocycles. The van der Waals surface area contributed by atoms with Crippen molar-refractivity contribution in [2.45, 2.75) is 31.3 Å². The number of halogens is 2. The van der Waals surface area contributed by atoms with E-state index in [1.165, 1.54) is 61.5 Å². The lowest BCUT2D eigenvalue weighted by Crippen LogP contribution is -2.50. The fraction of sp³-hybridized carbons (Fsp3) is 0.259. The van der Waals surface area contributed by atoms with Gasteiger partial charge in [0.05, 0.1) is 22.2 Å². The summed E-state index contributed by atoms with van der Waals surface area (Å²) in [4.78, 5) is 27.4. The summed E-state index contributed by atoms with van der Waals surface area (Å²) in [6.45, 7) is 2.82. The highest BCUT2D eigenvalue weighted by atomic mass is 79.9. The molecule has 0 unspecified atom stereocenters. The second kappa shape index (κ2) is 12.4. The maximum absolute atomic E-state index is 13.9. The first-order valence-electron chi connectivity index (χ1n) is 11.7. The molecule has 0 aliphatic rings.